The Morgan fingerprint density at radius 3 is 2.76 bits per heavy atom. The van der Waals surface area contributed by atoms with Crippen molar-refractivity contribution in [3.05, 3.63) is 42.2 Å². The maximum atomic E-state index is 4.24. The molecule has 0 aliphatic carbocycles. The maximum absolute atomic E-state index is 4.24. The molecule has 2 rings (SSSR count). The molecule has 1 N–H and O–H groups in total. The van der Waals surface area contributed by atoms with Gasteiger partial charge in [0, 0.05) is 23.8 Å². The molecule has 1 unspecified atom stereocenters. The van der Waals surface area contributed by atoms with Gasteiger partial charge in [0.1, 0.15) is 0 Å². The van der Waals surface area contributed by atoms with Crippen molar-refractivity contribution < 1.29 is 0 Å². The molecule has 1 aromatic carbocycles. The minimum absolute atomic E-state index is 0.405. The Hall–Kier alpha value is -1.41. The van der Waals surface area contributed by atoms with E-state index in [1.54, 1.807) is 0 Å². The molecule has 0 amide bonds. The van der Waals surface area contributed by atoms with Crippen LogP contribution in [0, 0.1) is 5.92 Å². The summed E-state index contributed by atoms with van der Waals surface area (Å²) in [6.45, 7) is 4.52. The van der Waals surface area contributed by atoms with Gasteiger partial charge in [-0.2, -0.15) is 0 Å². The van der Waals surface area contributed by atoms with Crippen LogP contribution in [0.25, 0.3) is 10.8 Å². The molecule has 0 bridgehead atoms. The molecule has 0 radical (unpaired) electrons. The fraction of sp³-hybridized carbons (Fsp3) is 0.400. The van der Waals surface area contributed by atoms with E-state index in [1.807, 2.05) is 19.4 Å². The second kappa shape index (κ2) is 5.28. The fourth-order valence-corrected chi connectivity index (χ4v) is 2.31. The quantitative estimate of drug-likeness (QED) is 0.865. The van der Waals surface area contributed by atoms with E-state index in [0.29, 0.717) is 12.0 Å². The lowest BCUT2D eigenvalue weighted by atomic mass is 9.94. The number of nitrogens with zero attached hydrogens (tertiary/aromatic N) is 1. The van der Waals surface area contributed by atoms with Crippen LogP contribution < -0.4 is 5.32 Å². The average molecular weight is 228 g/mol. The Balaban J connectivity index is 2.46. The van der Waals surface area contributed by atoms with Crippen LogP contribution in [-0.2, 0) is 0 Å². The highest BCUT2D eigenvalue weighted by molar-refractivity contribution is 5.85. The second-order valence-electron chi connectivity index (χ2n) is 4.91. The van der Waals surface area contributed by atoms with Crippen molar-refractivity contribution in [2.24, 2.45) is 5.92 Å². The molecule has 1 atom stereocenters. The van der Waals surface area contributed by atoms with Crippen LogP contribution in [0.5, 0.6) is 0 Å². The van der Waals surface area contributed by atoms with E-state index >= 15 is 0 Å². The molecular weight excluding hydrogens is 208 g/mol. The summed E-state index contributed by atoms with van der Waals surface area (Å²) in [7, 11) is 2.03. The van der Waals surface area contributed by atoms with E-state index in [0.717, 1.165) is 6.42 Å². The lowest BCUT2D eigenvalue weighted by Crippen LogP contribution is -2.18. The van der Waals surface area contributed by atoms with E-state index in [-0.39, 0.29) is 0 Å². The first-order chi connectivity index (χ1) is 8.22. The summed E-state index contributed by atoms with van der Waals surface area (Å²) < 4.78 is 0. The van der Waals surface area contributed by atoms with Gasteiger partial charge in [-0.05, 0) is 36.4 Å². The summed E-state index contributed by atoms with van der Waals surface area (Å²) in [6, 6.07) is 8.95. The van der Waals surface area contributed by atoms with Crippen LogP contribution >= 0.6 is 0 Å². The molecule has 2 heteroatoms. The molecule has 17 heavy (non-hydrogen) atoms. The molecule has 0 saturated carbocycles. The van der Waals surface area contributed by atoms with Gasteiger partial charge in [-0.25, -0.2) is 0 Å². The van der Waals surface area contributed by atoms with E-state index in [4.69, 9.17) is 0 Å². The lowest BCUT2D eigenvalue weighted by molar-refractivity contribution is 0.459. The van der Waals surface area contributed by atoms with Crippen LogP contribution in [0.3, 0.4) is 0 Å². The van der Waals surface area contributed by atoms with Gasteiger partial charge in [0.15, 0.2) is 0 Å². The van der Waals surface area contributed by atoms with Crippen molar-refractivity contribution in [3.8, 4) is 0 Å². The SMILES string of the molecule is CNC(CC(C)C)c1cccc2ccncc12. The molecule has 2 nitrogen and oxygen atoms in total. The van der Waals surface area contributed by atoms with Crippen molar-refractivity contribution in [2.45, 2.75) is 26.3 Å². The number of pyridine rings is 1. The van der Waals surface area contributed by atoms with Gasteiger partial charge in [-0.3, -0.25) is 4.98 Å². The van der Waals surface area contributed by atoms with Crippen LogP contribution in [0.4, 0.5) is 0 Å². The molecule has 0 fully saturated rings. The lowest BCUT2D eigenvalue weighted by Gasteiger charge is -2.20. The minimum atomic E-state index is 0.405. The molecule has 0 spiro atoms. The molecule has 0 saturated heterocycles. The van der Waals surface area contributed by atoms with E-state index in [9.17, 15) is 0 Å². The van der Waals surface area contributed by atoms with Crippen molar-refractivity contribution in [3.63, 3.8) is 0 Å². The van der Waals surface area contributed by atoms with Crippen molar-refractivity contribution in [2.75, 3.05) is 7.05 Å². The number of aromatic nitrogens is 1. The Morgan fingerprint density at radius 1 is 1.24 bits per heavy atom. The predicted octanol–water partition coefficient (Wildman–Crippen LogP) is 3.54. The maximum Gasteiger partial charge on any atom is 0.0349 e. The third kappa shape index (κ3) is 2.64. The number of hydrogen-bond acceptors (Lipinski definition) is 2. The zero-order chi connectivity index (χ0) is 12.3. The molecule has 90 valence electrons. The summed E-state index contributed by atoms with van der Waals surface area (Å²) in [5, 5.41) is 5.94. The average Bonchev–Trinajstić information content (AvgIpc) is 2.35. The Kier molecular flexibility index (Phi) is 3.75. The predicted molar refractivity (Wildman–Crippen MR) is 73.0 cm³/mol. The normalized spacial score (nSPS) is 13.2. The van der Waals surface area contributed by atoms with Gasteiger partial charge in [0.05, 0.1) is 0 Å². The summed E-state index contributed by atoms with van der Waals surface area (Å²) >= 11 is 0. The summed E-state index contributed by atoms with van der Waals surface area (Å²) in [5.41, 5.74) is 1.35. The van der Waals surface area contributed by atoms with Gasteiger partial charge in [0.25, 0.3) is 0 Å². The molecule has 0 aliphatic heterocycles. The zero-order valence-electron chi connectivity index (χ0n) is 10.8. The molecule has 2 aromatic rings. The number of fused-ring (bicyclic) bond motifs is 1. The van der Waals surface area contributed by atoms with Crippen molar-refractivity contribution in [1.29, 1.82) is 0 Å². The summed E-state index contributed by atoms with van der Waals surface area (Å²) in [5.74, 6) is 0.680. The van der Waals surface area contributed by atoms with Gasteiger partial charge in [-0.1, -0.05) is 32.0 Å². The van der Waals surface area contributed by atoms with Crippen LogP contribution in [0.2, 0.25) is 0 Å². The number of rotatable bonds is 4. The Morgan fingerprint density at radius 2 is 2.06 bits per heavy atom. The van der Waals surface area contributed by atoms with Gasteiger partial charge in [-0.15, -0.1) is 0 Å². The van der Waals surface area contributed by atoms with E-state index in [1.165, 1.54) is 16.3 Å². The topological polar surface area (TPSA) is 24.9 Å². The smallest absolute Gasteiger partial charge is 0.0349 e. The number of hydrogen-bond donors (Lipinski definition) is 1. The monoisotopic (exact) mass is 228 g/mol. The van der Waals surface area contributed by atoms with Crippen LogP contribution in [0.1, 0.15) is 31.9 Å². The summed E-state index contributed by atoms with van der Waals surface area (Å²) in [4.78, 5) is 4.24. The first-order valence-electron chi connectivity index (χ1n) is 6.22. The Bertz CT molecular complexity index is 486. The fourth-order valence-electron chi connectivity index (χ4n) is 2.31. The highest BCUT2D eigenvalue weighted by Gasteiger charge is 2.13. The largest absolute Gasteiger partial charge is 0.313 e. The second-order valence-corrected chi connectivity index (χ2v) is 4.91. The molecule has 1 aromatic heterocycles. The number of benzene rings is 1. The van der Waals surface area contributed by atoms with Gasteiger partial charge in [0.2, 0.25) is 0 Å². The summed E-state index contributed by atoms with van der Waals surface area (Å²) in [6.07, 6.45) is 4.96. The third-order valence-corrected chi connectivity index (χ3v) is 3.15. The zero-order valence-corrected chi connectivity index (χ0v) is 10.8. The van der Waals surface area contributed by atoms with Crippen LogP contribution in [0.15, 0.2) is 36.7 Å². The molecule has 0 aliphatic rings. The Labute approximate surface area is 103 Å². The van der Waals surface area contributed by atoms with Crippen LogP contribution in [-0.4, -0.2) is 12.0 Å². The minimum Gasteiger partial charge on any atom is -0.313 e. The van der Waals surface area contributed by atoms with E-state index < -0.39 is 0 Å². The third-order valence-electron chi connectivity index (χ3n) is 3.15. The highest BCUT2D eigenvalue weighted by atomic mass is 14.9. The molecular formula is C15H20N2. The van der Waals surface area contributed by atoms with Crippen molar-refractivity contribution in [1.82, 2.24) is 10.3 Å². The number of nitrogens with one attached hydrogen (secondary N) is 1. The van der Waals surface area contributed by atoms with Crippen molar-refractivity contribution >= 4 is 10.8 Å². The van der Waals surface area contributed by atoms with E-state index in [2.05, 4.69) is 48.4 Å². The van der Waals surface area contributed by atoms with Gasteiger partial charge >= 0.3 is 0 Å². The standard InChI is InChI=1S/C15H20N2/c1-11(2)9-15(16-3)13-6-4-5-12-7-8-17-10-14(12)13/h4-8,10-11,15-16H,9H2,1-3H3. The molecule has 1 heterocycles. The van der Waals surface area contributed by atoms with Gasteiger partial charge < -0.3 is 5.32 Å². The first-order valence-corrected chi connectivity index (χ1v) is 6.22. The highest BCUT2D eigenvalue weighted by Crippen LogP contribution is 2.27. The first kappa shape index (κ1) is 12.1.